The summed E-state index contributed by atoms with van der Waals surface area (Å²) < 4.78 is 6.26. The van der Waals surface area contributed by atoms with Gasteiger partial charge in [0.1, 0.15) is 12.2 Å². The van der Waals surface area contributed by atoms with Crippen molar-refractivity contribution in [1.82, 2.24) is 9.78 Å². The monoisotopic (exact) mass is 285 g/mol. The highest BCUT2D eigenvalue weighted by Crippen LogP contribution is 2.14. The number of hydrogen-bond donors (Lipinski definition) is 2. The zero-order valence-electron chi connectivity index (χ0n) is 10.4. The molecule has 0 saturated heterocycles. The van der Waals surface area contributed by atoms with Crippen molar-refractivity contribution < 1.29 is 9.84 Å². The van der Waals surface area contributed by atoms with E-state index in [0.29, 0.717) is 26.2 Å². The van der Waals surface area contributed by atoms with Crippen LogP contribution in [0.3, 0.4) is 0 Å². The van der Waals surface area contributed by atoms with Crippen LogP contribution in [0.5, 0.6) is 0 Å². The van der Waals surface area contributed by atoms with Crippen LogP contribution in [0.1, 0.15) is 6.42 Å². The molecule has 0 spiro atoms. The number of rotatable bonds is 8. The van der Waals surface area contributed by atoms with Crippen molar-refractivity contribution in [2.75, 3.05) is 31.7 Å². The summed E-state index contributed by atoms with van der Waals surface area (Å²) >= 11 is 5.91. The maximum Gasteiger partial charge on any atom is 0.292 e. The average molecular weight is 286 g/mol. The molecule has 0 aromatic carbocycles. The predicted octanol–water partition coefficient (Wildman–Crippen LogP) is 0.341. The maximum absolute atomic E-state index is 11.9. The van der Waals surface area contributed by atoms with Crippen LogP contribution in [0.4, 0.5) is 5.69 Å². The molecule has 1 aromatic heterocycles. The Balaban J connectivity index is 2.55. The fourth-order valence-electron chi connectivity index (χ4n) is 1.38. The molecule has 0 aliphatic rings. The molecule has 0 aliphatic carbocycles. The highest BCUT2D eigenvalue weighted by molar-refractivity contribution is 6.32. The molecule has 1 rings (SSSR count). The molecule has 0 saturated carbocycles. The Morgan fingerprint density at radius 3 is 3.05 bits per heavy atom. The molecule has 0 fully saturated rings. The third kappa shape index (κ3) is 4.91. The van der Waals surface area contributed by atoms with E-state index in [4.69, 9.17) is 27.9 Å². The number of nitrogens with zero attached hydrogens (tertiary/aromatic N) is 2. The Morgan fingerprint density at radius 1 is 1.58 bits per heavy atom. The molecule has 104 valence electrons. The second-order valence-corrected chi connectivity index (χ2v) is 4.06. The zero-order chi connectivity index (χ0) is 14.1. The van der Waals surface area contributed by atoms with Gasteiger partial charge in [-0.1, -0.05) is 17.5 Å². The van der Waals surface area contributed by atoms with Gasteiger partial charge in [-0.15, -0.1) is 6.42 Å². The van der Waals surface area contributed by atoms with Crippen LogP contribution in [0, 0.1) is 12.3 Å². The molecule has 19 heavy (non-hydrogen) atoms. The van der Waals surface area contributed by atoms with Crippen molar-refractivity contribution in [3.8, 4) is 12.3 Å². The van der Waals surface area contributed by atoms with Crippen LogP contribution in [-0.4, -0.2) is 41.3 Å². The van der Waals surface area contributed by atoms with Gasteiger partial charge in [0.2, 0.25) is 0 Å². The lowest BCUT2D eigenvalue weighted by Gasteiger charge is -2.09. The molecule has 7 heteroatoms. The van der Waals surface area contributed by atoms with E-state index in [2.05, 4.69) is 16.3 Å². The summed E-state index contributed by atoms with van der Waals surface area (Å²) in [5.41, 5.74) is -0.0594. The molecule has 1 heterocycles. The van der Waals surface area contributed by atoms with E-state index in [1.807, 2.05) is 0 Å². The standard InChI is InChI=1S/C12H16ClN3O3/c1-2-5-16-12(18)11(10(13)9-15-16)14-4-3-7-19-8-6-17/h1,9,14,17H,3-8H2. The van der Waals surface area contributed by atoms with Crippen molar-refractivity contribution in [2.45, 2.75) is 13.0 Å². The molecule has 1 aromatic rings. The van der Waals surface area contributed by atoms with Gasteiger partial charge in [0, 0.05) is 13.2 Å². The van der Waals surface area contributed by atoms with Gasteiger partial charge in [0.15, 0.2) is 0 Å². The van der Waals surface area contributed by atoms with Crippen LogP contribution in [-0.2, 0) is 11.3 Å². The number of anilines is 1. The Labute approximate surface area is 116 Å². The number of terminal acetylenes is 1. The van der Waals surface area contributed by atoms with E-state index < -0.39 is 0 Å². The fourth-order valence-corrected chi connectivity index (χ4v) is 1.57. The molecule has 6 nitrogen and oxygen atoms in total. The normalized spacial score (nSPS) is 10.2. The lowest BCUT2D eigenvalue weighted by molar-refractivity contribution is 0.0922. The number of aliphatic hydroxyl groups excluding tert-OH is 1. The lowest BCUT2D eigenvalue weighted by atomic mass is 10.4. The molecular weight excluding hydrogens is 270 g/mol. The van der Waals surface area contributed by atoms with E-state index in [9.17, 15) is 4.79 Å². The molecule has 0 aliphatic heterocycles. The lowest BCUT2D eigenvalue weighted by Crippen LogP contribution is -2.26. The minimum absolute atomic E-state index is 0.000405. The molecule has 0 unspecified atom stereocenters. The molecule has 2 N–H and O–H groups in total. The number of ether oxygens (including phenoxy) is 1. The molecule has 0 bridgehead atoms. The second-order valence-electron chi connectivity index (χ2n) is 3.65. The Morgan fingerprint density at radius 2 is 2.37 bits per heavy atom. The van der Waals surface area contributed by atoms with Crippen molar-refractivity contribution in [2.24, 2.45) is 0 Å². The first-order chi connectivity index (χ1) is 9.20. The Kier molecular flexibility index (Phi) is 6.97. The fraction of sp³-hybridized carbons (Fsp3) is 0.500. The van der Waals surface area contributed by atoms with Crippen LogP contribution in [0.25, 0.3) is 0 Å². The van der Waals surface area contributed by atoms with Crippen LogP contribution in [0.15, 0.2) is 11.0 Å². The number of aromatic nitrogens is 2. The van der Waals surface area contributed by atoms with E-state index in [1.165, 1.54) is 6.20 Å². The summed E-state index contributed by atoms with van der Waals surface area (Å²) in [6.45, 7) is 1.44. The number of nitrogens with one attached hydrogen (secondary N) is 1. The Bertz CT molecular complexity index is 496. The van der Waals surface area contributed by atoms with E-state index in [-0.39, 0.29) is 29.4 Å². The number of halogens is 1. The van der Waals surface area contributed by atoms with Crippen molar-refractivity contribution >= 4 is 17.3 Å². The van der Waals surface area contributed by atoms with Crippen molar-refractivity contribution in [3.05, 3.63) is 21.6 Å². The van der Waals surface area contributed by atoms with Gasteiger partial charge in [-0.2, -0.15) is 5.10 Å². The van der Waals surface area contributed by atoms with Crippen molar-refractivity contribution in [1.29, 1.82) is 0 Å². The highest BCUT2D eigenvalue weighted by Gasteiger charge is 2.08. The number of hydrogen-bond acceptors (Lipinski definition) is 5. The predicted molar refractivity (Wildman–Crippen MR) is 73.4 cm³/mol. The largest absolute Gasteiger partial charge is 0.394 e. The third-order valence-electron chi connectivity index (χ3n) is 2.24. The van der Waals surface area contributed by atoms with Gasteiger partial charge in [-0.3, -0.25) is 4.79 Å². The zero-order valence-corrected chi connectivity index (χ0v) is 11.2. The van der Waals surface area contributed by atoms with Gasteiger partial charge >= 0.3 is 0 Å². The van der Waals surface area contributed by atoms with Gasteiger partial charge in [0.05, 0.1) is 24.4 Å². The summed E-state index contributed by atoms with van der Waals surface area (Å²) in [6.07, 6.45) is 7.21. The minimum Gasteiger partial charge on any atom is -0.394 e. The summed E-state index contributed by atoms with van der Waals surface area (Å²) in [6, 6.07) is 0. The quantitative estimate of drug-likeness (QED) is 0.532. The topological polar surface area (TPSA) is 76.4 Å². The van der Waals surface area contributed by atoms with Crippen LogP contribution in [0.2, 0.25) is 5.02 Å². The summed E-state index contributed by atoms with van der Waals surface area (Å²) in [5, 5.41) is 15.6. The first kappa shape index (κ1) is 15.5. The summed E-state index contributed by atoms with van der Waals surface area (Å²) in [4.78, 5) is 11.9. The van der Waals surface area contributed by atoms with Gasteiger partial charge in [-0.25, -0.2) is 4.68 Å². The molecule has 0 amide bonds. The van der Waals surface area contributed by atoms with Gasteiger partial charge < -0.3 is 15.2 Å². The van der Waals surface area contributed by atoms with Crippen LogP contribution >= 0.6 is 11.6 Å². The highest BCUT2D eigenvalue weighted by atomic mass is 35.5. The first-order valence-electron chi connectivity index (χ1n) is 5.82. The second kappa shape index (κ2) is 8.53. The molecule has 0 radical (unpaired) electrons. The van der Waals surface area contributed by atoms with Gasteiger partial charge in [-0.05, 0) is 6.42 Å². The summed E-state index contributed by atoms with van der Waals surface area (Å²) in [5.74, 6) is 2.35. The SMILES string of the molecule is C#CCn1ncc(Cl)c(NCCCOCCO)c1=O. The van der Waals surface area contributed by atoms with E-state index in [1.54, 1.807) is 0 Å². The summed E-state index contributed by atoms with van der Waals surface area (Å²) in [7, 11) is 0. The smallest absolute Gasteiger partial charge is 0.292 e. The van der Waals surface area contributed by atoms with E-state index >= 15 is 0 Å². The van der Waals surface area contributed by atoms with Crippen molar-refractivity contribution in [3.63, 3.8) is 0 Å². The molecule has 0 atom stereocenters. The Hall–Kier alpha value is -1.55. The average Bonchev–Trinajstić information content (AvgIpc) is 2.40. The maximum atomic E-state index is 11.9. The van der Waals surface area contributed by atoms with Gasteiger partial charge in [0.25, 0.3) is 5.56 Å². The third-order valence-corrected chi connectivity index (χ3v) is 2.53. The van der Waals surface area contributed by atoms with Crippen LogP contribution < -0.4 is 10.9 Å². The minimum atomic E-state index is -0.346. The van der Waals surface area contributed by atoms with E-state index in [0.717, 1.165) is 4.68 Å². The first-order valence-corrected chi connectivity index (χ1v) is 6.20. The molecular formula is C12H16ClN3O3. The number of aliphatic hydroxyl groups is 1.